The Morgan fingerprint density at radius 3 is 2.35 bits per heavy atom. The van der Waals surface area contributed by atoms with E-state index in [1.54, 1.807) is 51.1 Å². The maximum atomic E-state index is 12.0. The monoisotopic (exact) mass is 299 g/mol. The predicted molar refractivity (Wildman–Crippen MR) is 77.3 cm³/mol. The third kappa shape index (κ3) is 6.06. The fourth-order valence-corrected chi connectivity index (χ4v) is 2.84. The first-order valence-electron chi connectivity index (χ1n) is 6.45. The molecule has 0 fully saturated rings. The summed E-state index contributed by atoms with van der Waals surface area (Å²) in [6.45, 7) is 5.58. The first-order valence-corrected chi connectivity index (χ1v) is 8.11. The van der Waals surface area contributed by atoms with Gasteiger partial charge in [-0.15, -0.1) is 0 Å². The van der Waals surface area contributed by atoms with E-state index in [1.807, 2.05) is 0 Å². The van der Waals surface area contributed by atoms with Crippen molar-refractivity contribution in [1.29, 1.82) is 0 Å². The minimum atomic E-state index is -3.29. The van der Waals surface area contributed by atoms with Crippen molar-refractivity contribution in [2.24, 2.45) is 0 Å². The summed E-state index contributed by atoms with van der Waals surface area (Å²) in [7, 11) is -3.29. The lowest BCUT2D eigenvalue weighted by molar-refractivity contribution is 0.0528. The molecule has 6 heteroatoms. The molecule has 0 unspecified atom stereocenters. The minimum Gasteiger partial charge on any atom is -0.444 e. The molecule has 0 heterocycles. The number of alkyl carbamates (subject to hydrolysis) is 1. The second-order valence-corrected chi connectivity index (χ2v) is 7.52. The molecule has 1 N–H and O–H groups in total. The third-order valence-corrected chi connectivity index (χ3v) is 4.18. The molecule has 112 valence electrons. The molecule has 0 spiro atoms. The Bertz CT molecular complexity index is 532. The molecule has 0 radical (unpaired) electrons. The molecule has 0 aromatic heterocycles. The van der Waals surface area contributed by atoms with Gasteiger partial charge in [0.15, 0.2) is 9.84 Å². The van der Waals surface area contributed by atoms with Crippen LogP contribution in [0.4, 0.5) is 4.79 Å². The van der Waals surface area contributed by atoms with Crippen molar-refractivity contribution in [2.45, 2.75) is 37.7 Å². The van der Waals surface area contributed by atoms with Gasteiger partial charge in [0.05, 0.1) is 10.6 Å². The Kier molecular flexibility index (Phi) is 5.56. The van der Waals surface area contributed by atoms with E-state index < -0.39 is 21.5 Å². The lowest BCUT2D eigenvalue weighted by Gasteiger charge is -2.19. The van der Waals surface area contributed by atoms with E-state index in [1.165, 1.54) is 0 Å². The highest BCUT2D eigenvalue weighted by Gasteiger charge is 2.16. The van der Waals surface area contributed by atoms with E-state index in [2.05, 4.69) is 5.32 Å². The van der Waals surface area contributed by atoms with Crippen LogP contribution in [0.25, 0.3) is 0 Å². The van der Waals surface area contributed by atoms with Crippen molar-refractivity contribution >= 4 is 15.9 Å². The summed E-state index contributed by atoms with van der Waals surface area (Å²) in [5.41, 5.74) is -0.555. The highest BCUT2D eigenvalue weighted by Crippen LogP contribution is 2.11. The average molecular weight is 299 g/mol. The number of nitrogens with one attached hydrogen (secondary N) is 1. The van der Waals surface area contributed by atoms with Crippen LogP contribution in [0, 0.1) is 0 Å². The summed E-state index contributed by atoms with van der Waals surface area (Å²) >= 11 is 0. The van der Waals surface area contributed by atoms with Gasteiger partial charge in [-0.1, -0.05) is 18.2 Å². The lowest BCUT2D eigenvalue weighted by atomic mass is 10.2. The summed E-state index contributed by atoms with van der Waals surface area (Å²) in [5, 5.41) is 2.54. The van der Waals surface area contributed by atoms with Crippen LogP contribution in [0.2, 0.25) is 0 Å². The largest absolute Gasteiger partial charge is 0.444 e. The maximum Gasteiger partial charge on any atom is 0.407 e. The van der Waals surface area contributed by atoms with Gasteiger partial charge in [-0.25, -0.2) is 13.2 Å². The Labute approximate surface area is 120 Å². The zero-order chi connectivity index (χ0) is 15.2. The van der Waals surface area contributed by atoms with Gasteiger partial charge in [0.25, 0.3) is 0 Å². The molecule has 0 bridgehead atoms. The minimum absolute atomic E-state index is 0.00713. The molecule has 1 aromatic carbocycles. The Hall–Kier alpha value is -1.56. The molecular weight excluding hydrogens is 278 g/mol. The van der Waals surface area contributed by atoms with E-state index in [4.69, 9.17) is 4.74 Å². The van der Waals surface area contributed by atoms with Gasteiger partial charge < -0.3 is 10.1 Å². The van der Waals surface area contributed by atoms with Crippen LogP contribution in [0.15, 0.2) is 35.2 Å². The lowest BCUT2D eigenvalue weighted by Crippen LogP contribution is -2.33. The molecule has 1 rings (SSSR count). The highest BCUT2D eigenvalue weighted by molar-refractivity contribution is 7.91. The fourth-order valence-electron chi connectivity index (χ4n) is 1.51. The molecule has 0 saturated carbocycles. The van der Waals surface area contributed by atoms with Crippen LogP contribution in [0.3, 0.4) is 0 Å². The normalized spacial score (nSPS) is 11.9. The van der Waals surface area contributed by atoms with Crippen LogP contribution >= 0.6 is 0 Å². The van der Waals surface area contributed by atoms with Crippen LogP contribution in [0.1, 0.15) is 27.2 Å². The van der Waals surface area contributed by atoms with Crippen molar-refractivity contribution in [3.63, 3.8) is 0 Å². The molecular formula is C14H21NO4S. The smallest absolute Gasteiger partial charge is 0.407 e. The topological polar surface area (TPSA) is 72.5 Å². The van der Waals surface area contributed by atoms with E-state index in [0.29, 0.717) is 11.3 Å². The van der Waals surface area contributed by atoms with Crippen LogP contribution in [-0.2, 0) is 14.6 Å². The van der Waals surface area contributed by atoms with E-state index in [0.717, 1.165) is 0 Å². The number of benzene rings is 1. The quantitative estimate of drug-likeness (QED) is 0.847. The van der Waals surface area contributed by atoms with Gasteiger partial charge in [-0.05, 0) is 39.3 Å². The number of carbonyl (C=O) groups excluding carboxylic acids is 1. The first-order chi connectivity index (χ1) is 9.21. The first kappa shape index (κ1) is 16.5. The van der Waals surface area contributed by atoms with Crippen LogP contribution in [0.5, 0.6) is 0 Å². The van der Waals surface area contributed by atoms with E-state index in [-0.39, 0.29) is 12.3 Å². The van der Waals surface area contributed by atoms with Gasteiger partial charge in [0.2, 0.25) is 0 Å². The molecule has 0 atom stereocenters. The Morgan fingerprint density at radius 2 is 1.80 bits per heavy atom. The number of hydrogen-bond donors (Lipinski definition) is 1. The molecule has 0 aliphatic rings. The molecule has 20 heavy (non-hydrogen) atoms. The zero-order valence-electron chi connectivity index (χ0n) is 12.0. The Morgan fingerprint density at radius 1 is 1.20 bits per heavy atom. The average Bonchev–Trinajstić information content (AvgIpc) is 2.34. The second-order valence-electron chi connectivity index (χ2n) is 5.41. The Balaban J connectivity index is 2.37. The van der Waals surface area contributed by atoms with Crippen molar-refractivity contribution in [3.05, 3.63) is 30.3 Å². The number of rotatable bonds is 5. The van der Waals surface area contributed by atoms with Crippen molar-refractivity contribution in [2.75, 3.05) is 12.3 Å². The zero-order valence-corrected chi connectivity index (χ0v) is 12.9. The summed E-state index contributed by atoms with van der Waals surface area (Å²) in [4.78, 5) is 11.7. The van der Waals surface area contributed by atoms with Gasteiger partial charge >= 0.3 is 6.09 Å². The van der Waals surface area contributed by atoms with Crippen LogP contribution < -0.4 is 5.32 Å². The second kappa shape index (κ2) is 6.74. The summed E-state index contributed by atoms with van der Waals surface area (Å²) < 4.78 is 29.0. The van der Waals surface area contributed by atoms with E-state index >= 15 is 0 Å². The number of ether oxygens (including phenoxy) is 1. The molecule has 0 aliphatic heterocycles. The molecule has 1 aromatic rings. The van der Waals surface area contributed by atoms with Crippen molar-refractivity contribution < 1.29 is 17.9 Å². The summed E-state index contributed by atoms with van der Waals surface area (Å²) in [6, 6.07) is 8.27. The standard InChI is InChI=1S/C14H21NO4S/c1-14(2,3)19-13(16)15-10-7-11-20(17,18)12-8-5-4-6-9-12/h4-6,8-9H,7,10-11H2,1-3H3,(H,15,16). The van der Waals surface area contributed by atoms with Gasteiger partial charge in [0, 0.05) is 6.54 Å². The summed E-state index contributed by atoms with van der Waals surface area (Å²) in [5.74, 6) is -0.00713. The maximum absolute atomic E-state index is 12.0. The van der Waals surface area contributed by atoms with Gasteiger partial charge in [0.1, 0.15) is 5.60 Å². The third-order valence-electron chi connectivity index (χ3n) is 2.36. The number of carbonyl (C=O) groups is 1. The molecule has 0 aliphatic carbocycles. The number of hydrogen-bond acceptors (Lipinski definition) is 4. The highest BCUT2D eigenvalue weighted by atomic mass is 32.2. The molecule has 5 nitrogen and oxygen atoms in total. The van der Waals surface area contributed by atoms with Gasteiger partial charge in [-0.2, -0.15) is 0 Å². The van der Waals surface area contributed by atoms with E-state index in [9.17, 15) is 13.2 Å². The van der Waals surface area contributed by atoms with Crippen LogP contribution in [-0.4, -0.2) is 32.4 Å². The van der Waals surface area contributed by atoms with Crippen molar-refractivity contribution in [1.82, 2.24) is 5.32 Å². The fraction of sp³-hybridized carbons (Fsp3) is 0.500. The number of amides is 1. The summed E-state index contributed by atoms with van der Waals surface area (Å²) in [6.07, 6.45) is -0.189. The number of sulfone groups is 1. The molecule has 1 amide bonds. The SMILES string of the molecule is CC(C)(C)OC(=O)NCCCS(=O)(=O)c1ccccc1. The predicted octanol–water partition coefficient (Wildman–Crippen LogP) is 2.38. The molecule has 0 saturated heterocycles. The van der Waals surface area contributed by atoms with Crippen molar-refractivity contribution in [3.8, 4) is 0 Å². The van der Waals surface area contributed by atoms with Gasteiger partial charge in [-0.3, -0.25) is 0 Å².